The van der Waals surface area contributed by atoms with Crippen LogP contribution in [0.15, 0.2) is 12.3 Å². The lowest BCUT2D eigenvalue weighted by molar-refractivity contribution is -0.229. The third kappa shape index (κ3) is 7.02. The molecule has 8 nitrogen and oxygen atoms in total. The maximum absolute atomic E-state index is 12.7. The first-order valence-corrected chi connectivity index (χ1v) is 12.3. The first-order valence-electron chi connectivity index (χ1n) is 10.8. The Morgan fingerprint density at radius 1 is 1.17 bits per heavy atom. The first-order chi connectivity index (χ1) is 13.9. The van der Waals surface area contributed by atoms with Crippen molar-refractivity contribution in [3.63, 3.8) is 0 Å². The third-order valence-corrected chi connectivity index (χ3v) is 6.72. The molecule has 1 heterocycles. The van der Waals surface area contributed by atoms with Gasteiger partial charge in [-0.1, -0.05) is 13.5 Å². The summed E-state index contributed by atoms with van der Waals surface area (Å²) >= 11 is 0. The fraction of sp³-hybridized carbons (Fsp3) is 0.905. The second-order valence-electron chi connectivity index (χ2n) is 9.08. The van der Waals surface area contributed by atoms with Gasteiger partial charge in [-0.25, -0.2) is 0 Å². The predicted octanol–water partition coefficient (Wildman–Crippen LogP) is 3.03. The molecule has 0 aromatic carbocycles. The molecule has 0 aromatic heterocycles. The largest absolute Gasteiger partial charge is 0.746 e. The smallest absolute Gasteiger partial charge is 0.319 e. The summed E-state index contributed by atoms with van der Waals surface area (Å²) in [5, 5.41) is 9.77. The van der Waals surface area contributed by atoms with E-state index in [0.29, 0.717) is 19.4 Å². The monoisotopic (exact) mass is 449 g/mol. The minimum absolute atomic E-state index is 0.00428. The van der Waals surface area contributed by atoms with Crippen molar-refractivity contribution in [1.82, 2.24) is 0 Å². The summed E-state index contributed by atoms with van der Waals surface area (Å²) < 4.78 is 40.6. The molecule has 1 N–H and O–H groups in total. The van der Waals surface area contributed by atoms with Gasteiger partial charge in [-0.05, 0) is 52.9 Å². The van der Waals surface area contributed by atoms with Crippen LogP contribution in [-0.4, -0.2) is 54.9 Å². The van der Waals surface area contributed by atoms with Gasteiger partial charge in [-0.2, -0.15) is 0 Å². The molecular formula is C21H38O8P-. The van der Waals surface area contributed by atoms with Gasteiger partial charge in [-0.15, -0.1) is 0 Å². The molecule has 9 heteroatoms. The lowest BCUT2D eigenvalue weighted by Crippen LogP contribution is -2.32. The van der Waals surface area contributed by atoms with Crippen molar-refractivity contribution in [3.05, 3.63) is 12.3 Å². The molecule has 2 aliphatic rings. The molecular weight excluding hydrogens is 411 g/mol. The Kier molecular flexibility index (Phi) is 9.37. The van der Waals surface area contributed by atoms with Gasteiger partial charge >= 0.3 is 7.82 Å². The SMILES string of the molecule is C=C(OP(=O)([O-])O[C@@H]1C[C@H](C)C(CO)[C@@H]1COC(C)C)[C@H]1O[C@@H](C)C[C@H]1OC(C)C. The highest BCUT2D eigenvalue weighted by atomic mass is 31.2. The summed E-state index contributed by atoms with van der Waals surface area (Å²) in [5.41, 5.74) is 0. The van der Waals surface area contributed by atoms with Crippen molar-refractivity contribution in [3.8, 4) is 0 Å². The normalized spacial score (nSPS) is 36.4. The zero-order valence-electron chi connectivity index (χ0n) is 19.0. The van der Waals surface area contributed by atoms with Crippen LogP contribution in [0.1, 0.15) is 54.4 Å². The van der Waals surface area contributed by atoms with Crippen molar-refractivity contribution >= 4 is 7.82 Å². The average molecular weight is 450 g/mol. The van der Waals surface area contributed by atoms with E-state index >= 15 is 0 Å². The average Bonchev–Trinajstić information content (AvgIpc) is 3.10. The lowest BCUT2D eigenvalue weighted by atomic mass is 9.91. The highest BCUT2D eigenvalue weighted by Crippen LogP contribution is 2.50. The number of hydrogen-bond acceptors (Lipinski definition) is 8. The van der Waals surface area contributed by atoms with Crippen LogP contribution in [0.3, 0.4) is 0 Å². The molecule has 0 spiro atoms. The van der Waals surface area contributed by atoms with Crippen LogP contribution < -0.4 is 4.89 Å². The van der Waals surface area contributed by atoms with E-state index in [1.165, 1.54) is 0 Å². The fourth-order valence-electron chi connectivity index (χ4n) is 4.37. The Labute approximate surface area is 180 Å². The highest BCUT2D eigenvalue weighted by molar-refractivity contribution is 7.46. The van der Waals surface area contributed by atoms with E-state index in [-0.39, 0.29) is 54.5 Å². The Balaban J connectivity index is 2.03. The zero-order chi connectivity index (χ0) is 22.6. The molecule has 0 bridgehead atoms. The van der Waals surface area contributed by atoms with Crippen molar-refractivity contribution < 1.29 is 37.8 Å². The first kappa shape index (κ1) is 25.8. The van der Waals surface area contributed by atoms with Gasteiger partial charge in [-0.3, -0.25) is 4.57 Å². The van der Waals surface area contributed by atoms with Gasteiger partial charge in [0, 0.05) is 18.9 Å². The van der Waals surface area contributed by atoms with E-state index in [1.54, 1.807) is 0 Å². The quantitative estimate of drug-likeness (QED) is 0.379. The molecule has 1 saturated heterocycles. The summed E-state index contributed by atoms with van der Waals surface area (Å²) in [5.74, 6) is -0.277. The van der Waals surface area contributed by atoms with Gasteiger partial charge in [0.05, 0.1) is 37.1 Å². The Bertz CT molecular complexity index is 610. The van der Waals surface area contributed by atoms with E-state index in [0.717, 1.165) is 0 Å². The summed E-state index contributed by atoms with van der Waals surface area (Å²) in [6.45, 7) is 15.5. The number of hydrogen-bond donors (Lipinski definition) is 1. The molecule has 1 saturated carbocycles. The predicted molar refractivity (Wildman–Crippen MR) is 111 cm³/mol. The van der Waals surface area contributed by atoms with Crippen LogP contribution >= 0.6 is 7.82 Å². The van der Waals surface area contributed by atoms with Crippen molar-refractivity contribution in [1.29, 1.82) is 0 Å². The number of aliphatic hydroxyl groups excluding tert-OH is 1. The standard InChI is InChI=1S/C21H39O8P/c1-12(2)25-11-18-17(10-22)14(5)8-19(18)29-30(23,24)28-16(7)21-20(26-13(3)4)9-15(6)27-21/h12-15,17-22H,7-11H2,1-6H3,(H,23,24)/p-1/t14-,15-,17?,18-,19+,20+,21+/m0/s1. The van der Waals surface area contributed by atoms with Crippen LogP contribution in [0, 0.1) is 17.8 Å². The fourth-order valence-corrected chi connectivity index (χ4v) is 5.38. The second kappa shape index (κ2) is 10.9. The summed E-state index contributed by atoms with van der Waals surface area (Å²) in [4.78, 5) is 12.7. The van der Waals surface area contributed by atoms with Gasteiger partial charge in [0.1, 0.15) is 11.9 Å². The maximum Gasteiger partial charge on any atom is 0.319 e. The summed E-state index contributed by atoms with van der Waals surface area (Å²) in [6.07, 6.45) is -0.645. The Morgan fingerprint density at radius 2 is 1.83 bits per heavy atom. The van der Waals surface area contributed by atoms with E-state index < -0.39 is 20.0 Å². The van der Waals surface area contributed by atoms with Crippen molar-refractivity contribution in [2.24, 2.45) is 17.8 Å². The molecule has 2 fully saturated rings. The van der Waals surface area contributed by atoms with Crippen LogP contribution in [0.25, 0.3) is 0 Å². The maximum atomic E-state index is 12.7. The van der Waals surface area contributed by atoms with E-state index in [4.69, 9.17) is 23.3 Å². The highest BCUT2D eigenvalue weighted by Gasteiger charge is 2.44. The molecule has 8 atom stereocenters. The number of aliphatic hydroxyl groups is 1. The number of rotatable bonds is 11. The van der Waals surface area contributed by atoms with E-state index in [1.807, 2.05) is 41.5 Å². The van der Waals surface area contributed by atoms with E-state index in [9.17, 15) is 14.6 Å². The second-order valence-corrected chi connectivity index (χ2v) is 10.4. The molecule has 1 aliphatic heterocycles. The van der Waals surface area contributed by atoms with Gasteiger partial charge < -0.3 is 33.3 Å². The van der Waals surface area contributed by atoms with Crippen LogP contribution in [0.4, 0.5) is 0 Å². The minimum Gasteiger partial charge on any atom is -0.746 e. The van der Waals surface area contributed by atoms with Crippen LogP contribution in [0.5, 0.6) is 0 Å². The van der Waals surface area contributed by atoms with E-state index in [2.05, 4.69) is 6.58 Å². The topological polar surface area (TPSA) is 107 Å². The molecule has 30 heavy (non-hydrogen) atoms. The summed E-state index contributed by atoms with van der Waals surface area (Å²) in [7, 11) is -4.70. The summed E-state index contributed by atoms with van der Waals surface area (Å²) in [6, 6.07) is 0. The molecule has 176 valence electrons. The molecule has 0 radical (unpaired) electrons. The number of phosphoric acid groups is 1. The lowest BCUT2D eigenvalue weighted by Gasteiger charge is -2.33. The molecule has 0 aromatic rings. The molecule has 0 amide bonds. The number of phosphoric ester groups is 1. The third-order valence-electron chi connectivity index (χ3n) is 5.73. The van der Waals surface area contributed by atoms with Crippen LogP contribution in [-0.2, 0) is 27.8 Å². The minimum atomic E-state index is -4.70. The van der Waals surface area contributed by atoms with Gasteiger partial charge in [0.25, 0.3) is 0 Å². The van der Waals surface area contributed by atoms with Crippen LogP contribution in [0.2, 0.25) is 0 Å². The molecule has 2 unspecified atom stereocenters. The number of ether oxygens (including phenoxy) is 3. The Hall–Kier alpha value is -0.470. The molecule has 1 aliphatic carbocycles. The molecule has 2 rings (SSSR count). The van der Waals surface area contributed by atoms with Crippen molar-refractivity contribution in [2.75, 3.05) is 13.2 Å². The van der Waals surface area contributed by atoms with Gasteiger partial charge in [0.2, 0.25) is 0 Å². The Morgan fingerprint density at radius 3 is 2.40 bits per heavy atom. The zero-order valence-corrected chi connectivity index (χ0v) is 19.9. The van der Waals surface area contributed by atoms with Crippen molar-refractivity contribution in [2.45, 2.75) is 91.0 Å². The van der Waals surface area contributed by atoms with Gasteiger partial charge in [0.15, 0.2) is 0 Å².